The van der Waals surface area contributed by atoms with Crippen LogP contribution in [0.4, 0.5) is 0 Å². The van der Waals surface area contributed by atoms with E-state index in [1.54, 1.807) is 0 Å². The van der Waals surface area contributed by atoms with Gasteiger partial charge in [0.1, 0.15) is 14.4 Å². The molecule has 0 saturated carbocycles. The number of likely N-dealkylation sites (N-methyl/N-ethyl adjacent to an activating group) is 1. The monoisotopic (exact) mass is 318 g/mol. The zero-order valence-electron chi connectivity index (χ0n) is 14.2. The highest BCUT2D eigenvalue weighted by atomic mass is 16.2. The van der Waals surface area contributed by atoms with Crippen LogP contribution in [0.3, 0.4) is 0 Å². The van der Waals surface area contributed by atoms with Crippen LogP contribution >= 0.6 is 0 Å². The largest absolute Gasteiger partial charge is 0.350 e. The van der Waals surface area contributed by atoms with Crippen molar-refractivity contribution < 1.29 is 6.22 Å². The van der Waals surface area contributed by atoms with Gasteiger partial charge in [-0.2, -0.15) is 5.10 Å². The Balaban J connectivity index is 0.00000288. The molecule has 2 rings (SSSR count). The molecule has 6 nitrogen and oxygen atoms in total. The standard InChI is InChI=1S/C16H25BN4O2.H2/c1-4-20-7-5-6-12(9-20)18-14(22)10-21-15(23)8-13(17)16(19-21)11(2)3;/h8,11-12H,4-7,9-10H2,1-3H3,(H,18,22);1H/t12-;/m1./s1. The Labute approximate surface area is 140 Å². The molecule has 2 radical (unpaired) electrons. The third-order valence-corrected chi connectivity index (χ3v) is 4.22. The molecule has 1 fully saturated rings. The summed E-state index contributed by atoms with van der Waals surface area (Å²) in [5.74, 6) is -0.0802. The molecule has 0 aliphatic carbocycles. The Kier molecular flexibility index (Phi) is 5.99. The van der Waals surface area contributed by atoms with Gasteiger partial charge in [0, 0.05) is 14.0 Å². The molecule has 1 saturated heterocycles. The van der Waals surface area contributed by atoms with Crippen molar-refractivity contribution in [2.24, 2.45) is 0 Å². The number of likely N-dealkylation sites (tertiary alicyclic amines) is 1. The van der Waals surface area contributed by atoms with Crippen LogP contribution in [-0.2, 0) is 11.3 Å². The van der Waals surface area contributed by atoms with E-state index >= 15 is 0 Å². The number of aromatic nitrogens is 2. The maximum absolute atomic E-state index is 12.2. The first-order valence-electron chi connectivity index (χ1n) is 8.30. The predicted molar refractivity (Wildman–Crippen MR) is 93.4 cm³/mol. The Bertz CT molecular complexity index is 621. The number of amides is 1. The van der Waals surface area contributed by atoms with Crippen molar-refractivity contribution in [2.75, 3.05) is 19.6 Å². The number of hydrogen-bond donors (Lipinski definition) is 1. The molecule has 7 heteroatoms. The lowest BCUT2D eigenvalue weighted by atomic mass is 9.90. The summed E-state index contributed by atoms with van der Waals surface area (Å²) >= 11 is 0. The smallest absolute Gasteiger partial charge is 0.266 e. The summed E-state index contributed by atoms with van der Waals surface area (Å²) in [5.41, 5.74) is 0.681. The van der Waals surface area contributed by atoms with Crippen LogP contribution in [0.15, 0.2) is 10.9 Å². The first kappa shape index (κ1) is 17.7. The normalized spacial score (nSPS) is 19.0. The average Bonchev–Trinajstić information content (AvgIpc) is 2.49. The van der Waals surface area contributed by atoms with Gasteiger partial charge in [-0.3, -0.25) is 9.59 Å². The SMILES string of the molecule is [B]c1cc(=O)n(CC(=O)N[C@@H]2CCCN(CC)C2)nc1C(C)C.[HH]. The van der Waals surface area contributed by atoms with E-state index in [0.29, 0.717) is 11.2 Å². The van der Waals surface area contributed by atoms with E-state index < -0.39 is 0 Å². The lowest BCUT2D eigenvalue weighted by Crippen LogP contribution is -2.49. The van der Waals surface area contributed by atoms with E-state index in [2.05, 4.69) is 22.2 Å². The van der Waals surface area contributed by atoms with Gasteiger partial charge in [0.15, 0.2) is 0 Å². The fraction of sp³-hybridized carbons (Fsp3) is 0.688. The molecular weight excluding hydrogens is 291 g/mol. The number of hydrogen-bond acceptors (Lipinski definition) is 4. The van der Waals surface area contributed by atoms with Gasteiger partial charge in [-0.25, -0.2) is 4.68 Å². The third-order valence-electron chi connectivity index (χ3n) is 4.22. The lowest BCUT2D eigenvalue weighted by Gasteiger charge is -2.32. The van der Waals surface area contributed by atoms with Crippen molar-refractivity contribution >= 4 is 19.2 Å². The van der Waals surface area contributed by atoms with Gasteiger partial charge in [0.05, 0.1) is 5.69 Å². The molecule has 1 aromatic heterocycles. The first-order chi connectivity index (χ1) is 10.9. The van der Waals surface area contributed by atoms with E-state index in [4.69, 9.17) is 7.85 Å². The molecule has 0 unspecified atom stereocenters. The number of rotatable bonds is 5. The van der Waals surface area contributed by atoms with Crippen LogP contribution < -0.4 is 16.3 Å². The average molecular weight is 318 g/mol. The van der Waals surface area contributed by atoms with Crippen LogP contribution in [0.5, 0.6) is 0 Å². The van der Waals surface area contributed by atoms with Gasteiger partial charge in [-0.05, 0) is 37.9 Å². The zero-order chi connectivity index (χ0) is 17.0. The second kappa shape index (κ2) is 7.77. The van der Waals surface area contributed by atoms with Gasteiger partial charge < -0.3 is 10.2 Å². The van der Waals surface area contributed by atoms with Gasteiger partial charge in [-0.1, -0.05) is 26.2 Å². The number of nitrogens with one attached hydrogen (secondary N) is 1. The van der Waals surface area contributed by atoms with Crippen molar-refractivity contribution in [3.05, 3.63) is 22.1 Å². The van der Waals surface area contributed by atoms with Gasteiger partial charge >= 0.3 is 0 Å². The Morgan fingerprint density at radius 1 is 1.57 bits per heavy atom. The van der Waals surface area contributed by atoms with E-state index in [1.807, 2.05) is 13.8 Å². The molecule has 2 heterocycles. The highest BCUT2D eigenvalue weighted by molar-refractivity contribution is 6.33. The number of piperidine rings is 1. The zero-order valence-corrected chi connectivity index (χ0v) is 14.2. The Hall–Kier alpha value is -1.63. The molecule has 0 bridgehead atoms. The van der Waals surface area contributed by atoms with Crippen molar-refractivity contribution in [1.29, 1.82) is 0 Å². The molecule has 23 heavy (non-hydrogen) atoms. The third kappa shape index (κ3) is 4.67. The minimum absolute atomic E-state index is 0. The van der Waals surface area contributed by atoms with Gasteiger partial charge in [-0.15, -0.1) is 0 Å². The Morgan fingerprint density at radius 2 is 2.30 bits per heavy atom. The highest BCUT2D eigenvalue weighted by Crippen LogP contribution is 2.09. The van der Waals surface area contributed by atoms with Crippen LogP contribution in [0.1, 0.15) is 46.7 Å². The number of carbonyl (C=O) groups is 1. The van der Waals surface area contributed by atoms with Crippen LogP contribution in [0.25, 0.3) is 0 Å². The topological polar surface area (TPSA) is 67.2 Å². The molecule has 0 spiro atoms. The molecular formula is C16H27BN4O2. The van der Waals surface area contributed by atoms with Crippen molar-refractivity contribution in [3.8, 4) is 0 Å². The second-order valence-electron chi connectivity index (χ2n) is 6.44. The van der Waals surface area contributed by atoms with Crippen molar-refractivity contribution in [1.82, 2.24) is 20.0 Å². The summed E-state index contributed by atoms with van der Waals surface area (Å²) in [4.78, 5) is 26.5. The van der Waals surface area contributed by atoms with Crippen molar-refractivity contribution in [3.63, 3.8) is 0 Å². The highest BCUT2D eigenvalue weighted by Gasteiger charge is 2.20. The summed E-state index contributed by atoms with van der Waals surface area (Å²) in [6.45, 7) is 8.90. The summed E-state index contributed by atoms with van der Waals surface area (Å²) < 4.78 is 1.20. The van der Waals surface area contributed by atoms with Gasteiger partial charge in [0.25, 0.3) is 5.56 Å². The summed E-state index contributed by atoms with van der Waals surface area (Å²) in [5, 5.41) is 7.25. The van der Waals surface area contributed by atoms with E-state index in [1.165, 1.54) is 10.7 Å². The first-order valence-corrected chi connectivity index (χ1v) is 8.30. The van der Waals surface area contributed by atoms with Crippen LogP contribution in [0.2, 0.25) is 0 Å². The summed E-state index contributed by atoms with van der Waals surface area (Å²) in [6, 6.07) is 1.49. The molecule has 1 atom stereocenters. The molecule has 1 N–H and O–H groups in total. The Morgan fingerprint density at radius 3 is 2.96 bits per heavy atom. The summed E-state index contributed by atoms with van der Waals surface area (Å²) in [6.07, 6.45) is 2.06. The minimum Gasteiger partial charge on any atom is -0.350 e. The molecule has 1 aliphatic heterocycles. The summed E-state index contributed by atoms with van der Waals surface area (Å²) in [7, 11) is 5.82. The fourth-order valence-corrected chi connectivity index (χ4v) is 2.95. The van der Waals surface area contributed by atoms with E-state index in [9.17, 15) is 9.59 Å². The second-order valence-corrected chi connectivity index (χ2v) is 6.44. The molecule has 1 amide bonds. The number of nitrogens with zero attached hydrogens (tertiary/aromatic N) is 3. The van der Waals surface area contributed by atoms with Crippen molar-refractivity contribution in [2.45, 2.75) is 52.1 Å². The predicted octanol–water partition coefficient (Wildman–Crippen LogP) is 0.00700. The number of carbonyl (C=O) groups excluding carboxylic acids is 1. The fourth-order valence-electron chi connectivity index (χ4n) is 2.95. The molecule has 1 aliphatic rings. The van der Waals surface area contributed by atoms with E-state index in [0.717, 1.165) is 32.5 Å². The maximum atomic E-state index is 12.2. The van der Waals surface area contributed by atoms with Gasteiger partial charge in [0.2, 0.25) is 5.91 Å². The molecule has 1 aromatic rings. The molecule has 126 valence electrons. The quantitative estimate of drug-likeness (QED) is 0.777. The lowest BCUT2D eigenvalue weighted by molar-refractivity contribution is -0.123. The minimum atomic E-state index is -0.346. The van der Waals surface area contributed by atoms with E-state index in [-0.39, 0.29) is 31.4 Å². The van der Waals surface area contributed by atoms with Crippen LogP contribution in [0, 0.1) is 0 Å². The maximum Gasteiger partial charge on any atom is 0.266 e. The molecule has 0 aromatic carbocycles. The van der Waals surface area contributed by atoms with Crippen LogP contribution in [-0.4, -0.2) is 54.1 Å².